The zero-order chi connectivity index (χ0) is 12.2. The van der Waals surface area contributed by atoms with Crippen molar-refractivity contribution in [3.8, 4) is 0 Å². The summed E-state index contributed by atoms with van der Waals surface area (Å²) in [6, 6.07) is 5.80. The van der Waals surface area contributed by atoms with Crippen LogP contribution in [0.15, 0.2) is 24.4 Å². The van der Waals surface area contributed by atoms with E-state index in [1.165, 1.54) is 0 Å². The monoisotopic (exact) mass is 247 g/mol. The van der Waals surface area contributed by atoms with Gasteiger partial charge >= 0.3 is 0 Å². The fraction of sp³-hybridized carbons (Fsp3) is 0.615. The van der Waals surface area contributed by atoms with E-state index in [2.05, 4.69) is 15.4 Å². The molecule has 4 saturated heterocycles. The van der Waals surface area contributed by atoms with Crippen LogP contribution in [-0.4, -0.2) is 39.9 Å². The lowest BCUT2D eigenvalue weighted by molar-refractivity contribution is -0.285. The van der Waals surface area contributed by atoms with Crippen molar-refractivity contribution in [1.82, 2.24) is 15.4 Å². The maximum atomic E-state index is 10.8. The molecule has 0 aliphatic carbocycles. The van der Waals surface area contributed by atoms with Gasteiger partial charge in [-0.05, 0) is 38.1 Å². The fourth-order valence-electron chi connectivity index (χ4n) is 3.69. The molecule has 0 saturated carbocycles. The Morgan fingerprint density at radius 1 is 1.39 bits per heavy atom. The summed E-state index contributed by atoms with van der Waals surface area (Å²) in [5, 5.41) is 10.8. The van der Waals surface area contributed by atoms with Crippen LogP contribution in [0, 0.1) is 5.92 Å². The minimum atomic E-state index is -1.04. The van der Waals surface area contributed by atoms with Crippen LogP contribution in [0.3, 0.4) is 0 Å². The molecule has 2 bridgehead atoms. The molecule has 4 aliphatic rings. The number of hydrogen-bond donors (Lipinski definition) is 2. The molecule has 1 aromatic heterocycles. The highest BCUT2D eigenvalue weighted by Crippen LogP contribution is 2.48. The van der Waals surface area contributed by atoms with Gasteiger partial charge in [-0.1, -0.05) is 6.07 Å². The standard InChI is InChI=1S/C13H17N3O2/c17-13-9-4-7-16(8-5-9)12(13)11(15-18-13)10-3-1-2-6-14-10/h1-3,6,9,11-12,15,17H,4-5,7-8H2/t11-,12+,13-/m1/s1. The van der Waals surface area contributed by atoms with E-state index in [1.54, 1.807) is 6.20 Å². The minimum Gasteiger partial charge on any atom is -0.363 e. The number of hydroxylamine groups is 1. The second-order valence-electron chi connectivity index (χ2n) is 5.46. The van der Waals surface area contributed by atoms with E-state index in [-0.39, 0.29) is 18.0 Å². The number of hydrogen-bond acceptors (Lipinski definition) is 5. The Labute approximate surface area is 106 Å². The molecular formula is C13H17N3O2. The number of rotatable bonds is 1. The SMILES string of the molecule is O[C@]12ON[C@H](c3ccccn3)[C@@H]1N1CCC2CC1. The Hall–Kier alpha value is -1.01. The predicted octanol–water partition coefficient (Wildman–Crippen LogP) is 0.440. The van der Waals surface area contributed by atoms with Gasteiger partial charge in [-0.3, -0.25) is 14.7 Å². The van der Waals surface area contributed by atoms with Gasteiger partial charge in [0, 0.05) is 12.1 Å². The van der Waals surface area contributed by atoms with Crippen LogP contribution in [0.25, 0.3) is 0 Å². The number of pyridine rings is 1. The first-order valence-corrected chi connectivity index (χ1v) is 6.60. The number of piperidine rings is 3. The van der Waals surface area contributed by atoms with Crippen molar-refractivity contribution in [2.45, 2.75) is 30.7 Å². The lowest BCUT2D eigenvalue weighted by Crippen LogP contribution is -2.65. The van der Waals surface area contributed by atoms with Gasteiger partial charge in [-0.25, -0.2) is 0 Å². The molecule has 5 heteroatoms. The highest BCUT2D eigenvalue weighted by molar-refractivity contribution is 5.18. The van der Waals surface area contributed by atoms with Crippen LogP contribution < -0.4 is 5.48 Å². The molecule has 3 atom stereocenters. The molecule has 0 radical (unpaired) electrons. The van der Waals surface area contributed by atoms with Crippen molar-refractivity contribution < 1.29 is 9.94 Å². The number of nitrogens with one attached hydrogen (secondary N) is 1. The van der Waals surface area contributed by atoms with Crippen molar-refractivity contribution >= 4 is 0 Å². The van der Waals surface area contributed by atoms with Crippen LogP contribution >= 0.6 is 0 Å². The van der Waals surface area contributed by atoms with Gasteiger partial charge in [0.1, 0.15) is 0 Å². The average molecular weight is 247 g/mol. The maximum Gasteiger partial charge on any atom is 0.205 e. The molecule has 1 aromatic rings. The van der Waals surface area contributed by atoms with E-state index < -0.39 is 5.79 Å². The summed E-state index contributed by atoms with van der Waals surface area (Å²) in [4.78, 5) is 12.3. The molecule has 5 nitrogen and oxygen atoms in total. The third kappa shape index (κ3) is 1.33. The van der Waals surface area contributed by atoms with E-state index in [0.717, 1.165) is 31.6 Å². The number of fused-ring (bicyclic) bond motifs is 2. The predicted molar refractivity (Wildman–Crippen MR) is 64.2 cm³/mol. The van der Waals surface area contributed by atoms with Gasteiger partial charge in [0.05, 0.1) is 17.8 Å². The Bertz CT molecular complexity index is 447. The van der Waals surface area contributed by atoms with E-state index in [1.807, 2.05) is 18.2 Å². The van der Waals surface area contributed by atoms with Gasteiger partial charge in [0.15, 0.2) is 0 Å². The normalized spacial score (nSPS) is 46.1. The van der Waals surface area contributed by atoms with Crippen molar-refractivity contribution in [1.29, 1.82) is 0 Å². The van der Waals surface area contributed by atoms with Crippen molar-refractivity contribution in [2.75, 3.05) is 13.1 Å². The third-order valence-electron chi connectivity index (χ3n) is 4.60. The Balaban J connectivity index is 1.72. The molecule has 5 heterocycles. The second kappa shape index (κ2) is 3.74. The van der Waals surface area contributed by atoms with Crippen LogP contribution in [0.1, 0.15) is 24.6 Å². The zero-order valence-corrected chi connectivity index (χ0v) is 10.1. The molecule has 4 fully saturated rings. The molecule has 18 heavy (non-hydrogen) atoms. The number of nitrogens with zero attached hydrogens (tertiary/aromatic N) is 2. The van der Waals surface area contributed by atoms with Crippen molar-refractivity contribution in [3.05, 3.63) is 30.1 Å². The average Bonchev–Trinajstić information content (AvgIpc) is 2.81. The third-order valence-corrected chi connectivity index (χ3v) is 4.60. The summed E-state index contributed by atoms with van der Waals surface area (Å²) in [5.41, 5.74) is 3.94. The second-order valence-corrected chi connectivity index (χ2v) is 5.46. The van der Waals surface area contributed by atoms with E-state index in [9.17, 15) is 5.11 Å². The lowest BCUT2D eigenvalue weighted by Gasteiger charge is -2.51. The summed E-state index contributed by atoms with van der Waals surface area (Å²) in [6.07, 6.45) is 3.82. The lowest BCUT2D eigenvalue weighted by atomic mass is 9.75. The summed E-state index contributed by atoms with van der Waals surface area (Å²) < 4.78 is 0. The van der Waals surface area contributed by atoms with Crippen LogP contribution in [0.4, 0.5) is 0 Å². The van der Waals surface area contributed by atoms with Crippen molar-refractivity contribution in [3.63, 3.8) is 0 Å². The molecular weight excluding hydrogens is 230 g/mol. The molecule has 0 aromatic carbocycles. The maximum absolute atomic E-state index is 10.8. The first kappa shape index (κ1) is 10.9. The number of aliphatic hydroxyl groups is 1. The summed E-state index contributed by atoms with van der Waals surface area (Å²) in [5.74, 6) is -0.799. The highest BCUT2D eigenvalue weighted by atomic mass is 16.8. The highest BCUT2D eigenvalue weighted by Gasteiger charge is 2.61. The van der Waals surface area contributed by atoms with E-state index in [0.29, 0.717) is 0 Å². The molecule has 96 valence electrons. The van der Waals surface area contributed by atoms with Gasteiger partial charge in [-0.2, -0.15) is 5.48 Å². The smallest absolute Gasteiger partial charge is 0.205 e. The quantitative estimate of drug-likeness (QED) is 0.754. The van der Waals surface area contributed by atoms with Gasteiger partial charge in [-0.15, -0.1) is 0 Å². The van der Waals surface area contributed by atoms with Crippen LogP contribution in [0.5, 0.6) is 0 Å². The van der Waals surface area contributed by atoms with E-state index in [4.69, 9.17) is 4.84 Å². The summed E-state index contributed by atoms with van der Waals surface area (Å²) in [6.45, 7) is 2.10. The fourth-order valence-corrected chi connectivity index (χ4v) is 3.69. The summed E-state index contributed by atoms with van der Waals surface area (Å²) in [7, 11) is 0. The van der Waals surface area contributed by atoms with Crippen LogP contribution in [-0.2, 0) is 4.84 Å². The zero-order valence-electron chi connectivity index (χ0n) is 10.1. The molecule has 0 spiro atoms. The largest absolute Gasteiger partial charge is 0.363 e. The molecule has 0 unspecified atom stereocenters. The molecule has 5 rings (SSSR count). The molecule has 0 amide bonds. The van der Waals surface area contributed by atoms with Gasteiger partial charge < -0.3 is 5.11 Å². The Morgan fingerprint density at radius 2 is 2.22 bits per heavy atom. The van der Waals surface area contributed by atoms with Crippen molar-refractivity contribution in [2.24, 2.45) is 5.92 Å². The molecule has 2 N–H and O–H groups in total. The topological polar surface area (TPSA) is 57.6 Å². The van der Waals surface area contributed by atoms with Gasteiger partial charge in [0.25, 0.3) is 0 Å². The van der Waals surface area contributed by atoms with Crippen LogP contribution in [0.2, 0.25) is 0 Å². The minimum absolute atomic E-state index is 0.0140. The Morgan fingerprint density at radius 3 is 2.94 bits per heavy atom. The first-order chi connectivity index (χ1) is 8.79. The number of aromatic nitrogens is 1. The molecule has 4 aliphatic heterocycles. The van der Waals surface area contributed by atoms with E-state index >= 15 is 0 Å². The van der Waals surface area contributed by atoms with Gasteiger partial charge in [0.2, 0.25) is 5.79 Å². The Kier molecular flexibility index (Phi) is 2.26. The first-order valence-electron chi connectivity index (χ1n) is 6.60. The summed E-state index contributed by atoms with van der Waals surface area (Å²) >= 11 is 0.